The standard InChI is InChI=1S/C49H55N9O7/c1-27(2)41(54-48(61)63-5)45(59)56-20-10-14-37(56)43-50-25-34(52-43)30-17-19-36-32(22-30)23-39-33-18-16-31(24-40(33)65-47(58(36)39)29-12-8-7-9-13-29)35-26-51-44(53-35)38-15-11-21-57(38)46(60)42(28(3)4)55-49(62)64-6/h7-9,12-13,16-19,22-28,37-38,41-42,44,47H,10-11,14-15,20-21H2,1-6H3,(H,50,52)(H,54,61)(H,55,62). The summed E-state index contributed by atoms with van der Waals surface area (Å²) in [5, 5.41) is 6.45. The molecule has 2 saturated heterocycles. The molecule has 0 bridgehead atoms. The summed E-state index contributed by atoms with van der Waals surface area (Å²) in [4.78, 5) is 73.5. The monoisotopic (exact) mass is 881 g/mol. The molecule has 0 aliphatic carbocycles. The number of imidazole rings is 1. The maximum absolute atomic E-state index is 13.8. The third-order valence-electron chi connectivity index (χ3n) is 13.0. The highest BCUT2D eigenvalue weighted by Crippen LogP contribution is 2.45. The number of ether oxygens (including phenoxy) is 3. The highest BCUT2D eigenvalue weighted by atomic mass is 16.5. The van der Waals surface area contributed by atoms with Crippen LogP contribution in [0.4, 0.5) is 9.59 Å². The summed E-state index contributed by atoms with van der Waals surface area (Å²) >= 11 is 0. The number of nitrogens with zero attached hydrogens (tertiary/aromatic N) is 6. The minimum atomic E-state index is -0.720. The van der Waals surface area contributed by atoms with Crippen molar-refractivity contribution in [1.82, 2.24) is 35.0 Å². The molecular formula is C49H55N9O7. The van der Waals surface area contributed by atoms with E-state index in [0.717, 1.165) is 70.2 Å². The highest BCUT2D eigenvalue weighted by molar-refractivity contribution is 6.39. The Labute approximate surface area is 377 Å². The number of rotatable bonds is 11. The van der Waals surface area contributed by atoms with E-state index in [4.69, 9.17) is 29.2 Å². The summed E-state index contributed by atoms with van der Waals surface area (Å²) in [6, 6.07) is 22.9. The van der Waals surface area contributed by atoms with Crippen LogP contribution in [0.25, 0.3) is 33.4 Å². The van der Waals surface area contributed by atoms with Gasteiger partial charge in [-0.05, 0) is 67.9 Å². The van der Waals surface area contributed by atoms with Crippen LogP contribution in [-0.4, -0.2) is 112 Å². The van der Waals surface area contributed by atoms with Crippen molar-refractivity contribution in [2.75, 3.05) is 27.3 Å². The van der Waals surface area contributed by atoms with Crippen molar-refractivity contribution in [2.45, 2.75) is 89.9 Å². The summed E-state index contributed by atoms with van der Waals surface area (Å²) in [6.07, 6.45) is 4.56. The molecule has 2 fully saturated rings. The van der Waals surface area contributed by atoms with E-state index in [-0.39, 0.29) is 35.7 Å². The van der Waals surface area contributed by atoms with Crippen molar-refractivity contribution in [2.24, 2.45) is 21.8 Å². The number of fused-ring (bicyclic) bond motifs is 5. The van der Waals surface area contributed by atoms with Gasteiger partial charge >= 0.3 is 12.2 Å². The van der Waals surface area contributed by atoms with Crippen LogP contribution in [0.15, 0.2) is 89.0 Å². The molecule has 16 heteroatoms. The van der Waals surface area contributed by atoms with E-state index in [9.17, 15) is 19.2 Å². The first-order valence-corrected chi connectivity index (χ1v) is 22.4. The van der Waals surface area contributed by atoms with Gasteiger partial charge < -0.3 is 44.2 Å². The molecule has 9 rings (SSSR count). The molecule has 16 nitrogen and oxygen atoms in total. The van der Waals surface area contributed by atoms with Crippen molar-refractivity contribution in [3.63, 3.8) is 0 Å². The van der Waals surface area contributed by atoms with Gasteiger partial charge in [0.1, 0.15) is 23.7 Å². The Hall–Kier alpha value is -6.97. The van der Waals surface area contributed by atoms with Crippen molar-refractivity contribution >= 4 is 46.8 Å². The van der Waals surface area contributed by atoms with Gasteiger partial charge in [0.25, 0.3) is 0 Å². The second-order valence-corrected chi connectivity index (χ2v) is 17.8. The van der Waals surface area contributed by atoms with Crippen LogP contribution in [0, 0.1) is 11.8 Å². The first-order chi connectivity index (χ1) is 31.4. The third kappa shape index (κ3) is 8.21. The lowest BCUT2D eigenvalue weighted by Gasteiger charge is -2.31. The van der Waals surface area contributed by atoms with E-state index in [1.54, 1.807) is 6.21 Å². The van der Waals surface area contributed by atoms with Gasteiger partial charge in [-0.25, -0.2) is 14.6 Å². The van der Waals surface area contributed by atoms with E-state index >= 15 is 0 Å². The number of carbonyl (C=O) groups is 4. The zero-order chi connectivity index (χ0) is 45.5. The summed E-state index contributed by atoms with van der Waals surface area (Å²) in [5.74, 6) is 0.846. The summed E-state index contributed by atoms with van der Waals surface area (Å²) < 4.78 is 18.8. The molecule has 4 aliphatic rings. The van der Waals surface area contributed by atoms with Gasteiger partial charge in [-0.1, -0.05) is 70.2 Å². The molecule has 3 aromatic carbocycles. The Balaban J connectivity index is 0.993. The Bertz CT molecular complexity index is 2690. The SMILES string of the molecule is COC(=O)NC(C(=O)N1CCCC1c1ncc(-c2ccc3c(c2)cc2n3C(c3ccccc3)Oc3cc(C4=NC(C5CCCN5C(=O)C(NC(=O)OC)C(C)C)N=C4)ccc3-2)[nH]1)C(C)C. The molecule has 6 atom stereocenters. The number of hydrogen-bond acceptors (Lipinski definition) is 10. The average Bonchev–Trinajstić information content (AvgIpc) is 4.18. The zero-order valence-corrected chi connectivity index (χ0v) is 37.5. The average molecular weight is 882 g/mol. The summed E-state index contributed by atoms with van der Waals surface area (Å²) in [7, 11) is 2.58. The first-order valence-electron chi connectivity index (χ1n) is 22.4. The van der Waals surface area contributed by atoms with Gasteiger partial charge in [-0.2, -0.15) is 0 Å². The number of carbonyl (C=O) groups excluding carboxylic acids is 4. The summed E-state index contributed by atoms with van der Waals surface area (Å²) in [5.41, 5.74) is 7.29. The predicted octanol–water partition coefficient (Wildman–Crippen LogP) is 7.25. The predicted molar refractivity (Wildman–Crippen MR) is 246 cm³/mol. The van der Waals surface area contributed by atoms with Crippen LogP contribution in [0.2, 0.25) is 0 Å². The number of amides is 4. The van der Waals surface area contributed by atoms with Crippen molar-refractivity contribution in [3.05, 3.63) is 95.9 Å². The molecule has 5 aromatic rings. The molecular weight excluding hydrogens is 827 g/mol. The van der Waals surface area contributed by atoms with Crippen LogP contribution in [0.3, 0.4) is 0 Å². The zero-order valence-electron chi connectivity index (χ0n) is 37.5. The Kier molecular flexibility index (Phi) is 11.9. The summed E-state index contributed by atoms with van der Waals surface area (Å²) in [6.45, 7) is 8.74. The van der Waals surface area contributed by atoms with Gasteiger partial charge in [0.15, 0.2) is 6.17 Å². The van der Waals surface area contributed by atoms with Crippen LogP contribution < -0.4 is 15.4 Å². The van der Waals surface area contributed by atoms with Gasteiger partial charge in [0.2, 0.25) is 18.0 Å². The maximum atomic E-state index is 13.8. The number of alkyl carbamates (subject to hydrolysis) is 2. The lowest BCUT2D eigenvalue weighted by atomic mass is 10.0. The van der Waals surface area contributed by atoms with Gasteiger partial charge in [0, 0.05) is 46.9 Å². The fourth-order valence-electron chi connectivity index (χ4n) is 9.65. The van der Waals surface area contributed by atoms with E-state index in [0.29, 0.717) is 30.4 Å². The largest absolute Gasteiger partial charge is 0.465 e. The molecule has 0 saturated carbocycles. The first kappa shape index (κ1) is 43.3. The number of aliphatic imine (C=N–C) groups is 2. The second kappa shape index (κ2) is 17.9. The number of nitrogens with one attached hydrogen (secondary N) is 3. The third-order valence-corrected chi connectivity index (χ3v) is 13.0. The second-order valence-electron chi connectivity index (χ2n) is 17.8. The molecule has 6 heterocycles. The lowest BCUT2D eigenvalue weighted by molar-refractivity contribution is -0.136. The van der Waals surface area contributed by atoms with Crippen LogP contribution >= 0.6 is 0 Å². The molecule has 338 valence electrons. The Morgan fingerprint density at radius 1 is 0.800 bits per heavy atom. The van der Waals surface area contributed by atoms with Crippen molar-refractivity contribution in [3.8, 4) is 28.3 Å². The Morgan fingerprint density at radius 2 is 1.48 bits per heavy atom. The smallest absolute Gasteiger partial charge is 0.407 e. The van der Waals surface area contributed by atoms with Crippen LogP contribution in [0.1, 0.15) is 82.6 Å². The lowest BCUT2D eigenvalue weighted by Crippen LogP contribution is -2.53. The highest BCUT2D eigenvalue weighted by Gasteiger charge is 2.41. The van der Waals surface area contributed by atoms with Crippen LogP contribution in [-0.2, 0) is 19.1 Å². The van der Waals surface area contributed by atoms with Crippen LogP contribution in [0.5, 0.6) is 5.75 Å². The molecule has 0 spiro atoms. The topological polar surface area (TPSA) is 185 Å². The normalized spacial score (nSPS) is 20.9. The van der Waals surface area contributed by atoms with Crippen molar-refractivity contribution < 1.29 is 33.4 Å². The molecule has 6 unspecified atom stereocenters. The van der Waals surface area contributed by atoms with Gasteiger partial charge in [-0.3, -0.25) is 19.6 Å². The number of aromatic nitrogens is 3. The minimum Gasteiger partial charge on any atom is -0.465 e. The van der Waals surface area contributed by atoms with Gasteiger partial charge in [0.05, 0.1) is 55.1 Å². The molecule has 0 radical (unpaired) electrons. The van der Waals surface area contributed by atoms with E-state index in [1.165, 1.54) is 14.2 Å². The maximum Gasteiger partial charge on any atom is 0.407 e. The quantitative estimate of drug-likeness (QED) is 0.124. The molecule has 2 aromatic heterocycles. The number of H-pyrrole nitrogens is 1. The minimum absolute atomic E-state index is 0.128. The number of methoxy groups -OCH3 is 2. The number of benzene rings is 3. The fourth-order valence-corrected chi connectivity index (χ4v) is 9.65. The molecule has 3 N–H and O–H groups in total. The Morgan fingerprint density at radius 3 is 2.18 bits per heavy atom. The molecule has 65 heavy (non-hydrogen) atoms. The number of aromatic amines is 1. The van der Waals surface area contributed by atoms with Gasteiger partial charge in [-0.15, -0.1) is 0 Å². The molecule has 4 aliphatic heterocycles. The van der Waals surface area contributed by atoms with E-state index in [1.807, 2.05) is 74.0 Å². The fraction of sp³-hybridized carbons (Fsp3) is 0.408. The number of likely N-dealkylation sites (tertiary alicyclic amines) is 2. The van der Waals surface area contributed by atoms with E-state index in [2.05, 4.69) is 62.6 Å². The number of hydrogen-bond donors (Lipinski definition) is 3. The van der Waals surface area contributed by atoms with E-state index < -0.39 is 36.7 Å². The molecule has 4 amide bonds. The van der Waals surface area contributed by atoms with Crippen molar-refractivity contribution in [1.29, 1.82) is 0 Å².